The maximum absolute atomic E-state index is 5.30. The second-order valence-electron chi connectivity index (χ2n) is 5.61. The molecule has 0 aromatic carbocycles. The Labute approximate surface area is 113 Å². The van der Waals surface area contributed by atoms with Gasteiger partial charge in [0.25, 0.3) is 0 Å². The lowest BCUT2D eigenvalue weighted by atomic mass is 10.0. The Morgan fingerprint density at radius 1 is 1.39 bits per heavy atom. The van der Waals surface area contributed by atoms with Crippen LogP contribution in [0.4, 0.5) is 0 Å². The maximum Gasteiger partial charge on any atom is 0.182 e. The highest BCUT2D eigenvalue weighted by Gasteiger charge is 2.18. The van der Waals surface area contributed by atoms with Crippen molar-refractivity contribution in [1.82, 2.24) is 4.90 Å². The van der Waals surface area contributed by atoms with Crippen LogP contribution in [0.25, 0.3) is 0 Å². The van der Waals surface area contributed by atoms with Crippen LogP contribution in [0.1, 0.15) is 52.9 Å². The third kappa shape index (κ3) is 5.38. The van der Waals surface area contributed by atoms with Crippen LogP contribution in [-0.4, -0.2) is 43.6 Å². The summed E-state index contributed by atoms with van der Waals surface area (Å²) in [5.41, 5.74) is 0. The van der Waals surface area contributed by atoms with Gasteiger partial charge >= 0.3 is 0 Å². The molecular weight excluding hydrogens is 224 g/mol. The molecule has 0 N–H and O–H groups in total. The van der Waals surface area contributed by atoms with Gasteiger partial charge < -0.3 is 4.74 Å². The van der Waals surface area contributed by atoms with Crippen LogP contribution in [0.3, 0.4) is 0 Å². The molecule has 1 rings (SSSR count). The van der Waals surface area contributed by atoms with Crippen LogP contribution < -0.4 is 0 Å². The zero-order valence-electron chi connectivity index (χ0n) is 12.6. The zero-order chi connectivity index (χ0) is 13.4. The Morgan fingerprint density at radius 3 is 2.83 bits per heavy atom. The highest BCUT2D eigenvalue weighted by Crippen LogP contribution is 2.18. The van der Waals surface area contributed by atoms with Crippen molar-refractivity contribution in [3.05, 3.63) is 0 Å². The van der Waals surface area contributed by atoms with Crippen molar-refractivity contribution >= 4 is 5.90 Å². The number of likely N-dealkylation sites (tertiary alicyclic amines) is 1. The minimum atomic E-state index is 0.539. The molecule has 0 radical (unpaired) electrons. The highest BCUT2D eigenvalue weighted by atomic mass is 16.5. The Bertz CT molecular complexity index is 253. The molecule has 1 aliphatic heterocycles. The van der Waals surface area contributed by atoms with Crippen LogP contribution in [-0.2, 0) is 4.74 Å². The summed E-state index contributed by atoms with van der Waals surface area (Å²) in [7, 11) is 1.73. The van der Waals surface area contributed by atoms with Crippen LogP contribution >= 0.6 is 0 Å². The summed E-state index contributed by atoms with van der Waals surface area (Å²) < 4.78 is 5.30. The monoisotopic (exact) mass is 254 g/mol. The normalized spacial score (nSPS) is 24.7. The number of ether oxygens (including phenoxy) is 1. The fourth-order valence-corrected chi connectivity index (χ4v) is 2.53. The number of hydrogen-bond acceptors (Lipinski definition) is 3. The van der Waals surface area contributed by atoms with Gasteiger partial charge in [0.1, 0.15) is 0 Å². The first-order chi connectivity index (χ1) is 8.67. The third-order valence-electron chi connectivity index (χ3n) is 3.91. The molecule has 1 aliphatic rings. The first kappa shape index (κ1) is 15.5. The minimum Gasteiger partial charge on any atom is -0.484 e. The van der Waals surface area contributed by atoms with Crippen LogP contribution in [0.2, 0.25) is 0 Å². The highest BCUT2D eigenvalue weighted by molar-refractivity contribution is 5.75. The van der Waals surface area contributed by atoms with Crippen molar-refractivity contribution < 1.29 is 4.74 Å². The lowest BCUT2D eigenvalue weighted by molar-refractivity contribution is 0.219. The first-order valence-corrected chi connectivity index (χ1v) is 7.48. The molecule has 3 heteroatoms. The van der Waals surface area contributed by atoms with Crippen molar-refractivity contribution in [2.45, 2.75) is 58.9 Å². The van der Waals surface area contributed by atoms with E-state index in [-0.39, 0.29) is 0 Å². The lowest BCUT2D eigenvalue weighted by Gasteiger charge is -2.26. The number of methoxy groups -OCH3 is 1. The molecule has 1 fully saturated rings. The third-order valence-corrected chi connectivity index (χ3v) is 3.91. The largest absolute Gasteiger partial charge is 0.484 e. The van der Waals surface area contributed by atoms with E-state index in [0.29, 0.717) is 6.04 Å². The Balaban J connectivity index is 2.41. The fourth-order valence-electron chi connectivity index (χ4n) is 2.53. The zero-order valence-corrected chi connectivity index (χ0v) is 12.6. The van der Waals surface area contributed by atoms with E-state index < -0.39 is 0 Å². The average molecular weight is 254 g/mol. The molecule has 18 heavy (non-hydrogen) atoms. The van der Waals surface area contributed by atoms with E-state index in [1.54, 1.807) is 7.11 Å². The van der Waals surface area contributed by atoms with Gasteiger partial charge in [-0.25, -0.2) is 0 Å². The molecule has 0 spiro atoms. The molecule has 0 aromatic rings. The van der Waals surface area contributed by atoms with E-state index in [9.17, 15) is 0 Å². The van der Waals surface area contributed by atoms with Crippen molar-refractivity contribution in [3.8, 4) is 0 Å². The van der Waals surface area contributed by atoms with Gasteiger partial charge in [0.05, 0.1) is 13.7 Å². The number of hydrogen-bond donors (Lipinski definition) is 0. The first-order valence-electron chi connectivity index (χ1n) is 7.48. The molecule has 106 valence electrons. The summed E-state index contributed by atoms with van der Waals surface area (Å²) in [6, 6.07) is 0.539. The van der Waals surface area contributed by atoms with E-state index in [0.717, 1.165) is 31.2 Å². The number of rotatable bonds is 5. The van der Waals surface area contributed by atoms with Gasteiger partial charge in [-0.3, -0.25) is 9.89 Å². The van der Waals surface area contributed by atoms with Gasteiger partial charge in [-0.1, -0.05) is 13.8 Å². The van der Waals surface area contributed by atoms with E-state index in [4.69, 9.17) is 4.74 Å². The Morgan fingerprint density at radius 2 is 2.17 bits per heavy atom. The number of nitrogens with zero attached hydrogens (tertiary/aromatic N) is 2. The fraction of sp³-hybridized carbons (Fsp3) is 0.933. The SMILES string of the molecule is CCC/C(=N\CC(C)N1CCCC(C)CC1)OC. The summed E-state index contributed by atoms with van der Waals surface area (Å²) in [6.45, 7) is 10.2. The smallest absolute Gasteiger partial charge is 0.182 e. The van der Waals surface area contributed by atoms with Gasteiger partial charge in [-0.05, 0) is 51.6 Å². The van der Waals surface area contributed by atoms with E-state index in [1.807, 2.05) is 0 Å². The standard InChI is InChI=1S/C15H30N2O/c1-5-7-15(18-4)16-12-14(3)17-10-6-8-13(2)9-11-17/h13-14H,5-12H2,1-4H3/b16-15+. The van der Waals surface area contributed by atoms with Crippen molar-refractivity contribution in [3.63, 3.8) is 0 Å². The quantitative estimate of drug-likeness (QED) is 0.555. The van der Waals surface area contributed by atoms with Gasteiger partial charge in [0.2, 0.25) is 0 Å². The van der Waals surface area contributed by atoms with Crippen LogP contribution in [0.15, 0.2) is 4.99 Å². The Hall–Kier alpha value is -0.570. The van der Waals surface area contributed by atoms with Gasteiger partial charge in [0.15, 0.2) is 5.90 Å². The summed E-state index contributed by atoms with van der Waals surface area (Å²) in [4.78, 5) is 7.20. The van der Waals surface area contributed by atoms with E-state index in [1.165, 1.54) is 32.4 Å². The molecule has 0 saturated carbocycles. The predicted molar refractivity (Wildman–Crippen MR) is 78.3 cm³/mol. The second-order valence-corrected chi connectivity index (χ2v) is 5.61. The van der Waals surface area contributed by atoms with Gasteiger partial charge in [0, 0.05) is 12.5 Å². The van der Waals surface area contributed by atoms with Gasteiger partial charge in [-0.15, -0.1) is 0 Å². The molecule has 2 unspecified atom stereocenters. The molecule has 1 saturated heterocycles. The van der Waals surface area contributed by atoms with Gasteiger partial charge in [-0.2, -0.15) is 0 Å². The average Bonchev–Trinajstić information content (AvgIpc) is 2.59. The predicted octanol–water partition coefficient (Wildman–Crippen LogP) is 3.34. The lowest BCUT2D eigenvalue weighted by Crippen LogP contribution is -2.36. The maximum atomic E-state index is 5.30. The summed E-state index contributed by atoms with van der Waals surface area (Å²) >= 11 is 0. The van der Waals surface area contributed by atoms with Crippen molar-refractivity contribution in [2.24, 2.45) is 10.9 Å². The summed E-state index contributed by atoms with van der Waals surface area (Å²) in [5, 5.41) is 0. The van der Waals surface area contributed by atoms with Crippen molar-refractivity contribution in [2.75, 3.05) is 26.7 Å². The minimum absolute atomic E-state index is 0.539. The molecular formula is C15H30N2O. The van der Waals surface area contributed by atoms with E-state index >= 15 is 0 Å². The van der Waals surface area contributed by atoms with E-state index in [2.05, 4.69) is 30.7 Å². The van der Waals surface area contributed by atoms with Crippen LogP contribution in [0, 0.1) is 5.92 Å². The molecule has 0 aromatic heterocycles. The van der Waals surface area contributed by atoms with Crippen molar-refractivity contribution in [1.29, 1.82) is 0 Å². The molecule has 2 atom stereocenters. The molecule has 0 aliphatic carbocycles. The summed E-state index contributed by atoms with van der Waals surface area (Å²) in [5.74, 6) is 1.80. The van der Waals surface area contributed by atoms with Crippen LogP contribution in [0.5, 0.6) is 0 Å². The topological polar surface area (TPSA) is 24.8 Å². The molecule has 0 amide bonds. The Kier molecular flexibility index (Phi) is 7.33. The molecule has 0 bridgehead atoms. The summed E-state index contributed by atoms with van der Waals surface area (Å²) in [6.07, 6.45) is 6.11. The molecule has 1 heterocycles. The number of aliphatic imine (C=N–C) groups is 1. The second kappa shape index (κ2) is 8.52. The molecule has 3 nitrogen and oxygen atoms in total.